The maximum absolute atomic E-state index is 13.0. The maximum Gasteiger partial charge on any atom is 0.269 e. The second-order valence-electron chi connectivity index (χ2n) is 7.55. The number of hydrogen-bond donors (Lipinski definition) is 1. The third-order valence-corrected chi connectivity index (χ3v) is 5.10. The van der Waals surface area contributed by atoms with Gasteiger partial charge in [0.1, 0.15) is 30.2 Å². The number of carbonyl (C=O) groups is 1. The molecule has 0 saturated carbocycles. The summed E-state index contributed by atoms with van der Waals surface area (Å²) < 4.78 is 12.9. The van der Waals surface area contributed by atoms with Crippen molar-refractivity contribution in [3.05, 3.63) is 65.7 Å². The normalized spacial score (nSPS) is 11.4. The maximum atomic E-state index is 13.0. The molecule has 180 valence electrons. The van der Waals surface area contributed by atoms with Crippen molar-refractivity contribution in [2.75, 3.05) is 25.1 Å². The molecule has 0 fully saturated rings. The molecular formula is C24H21N8O4+. The van der Waals surface area contributed by atoms with Crippen LogP contribution in [0.5, 0.6) is 5.88 Å². The standard InChI is InChI=1S/C24H20N8O4/c1-15-2-3-16(9-25)8-19(15)32-22-18(12-30-32)24(29-14-28-22)36-20(13-35-7-6-33)23(34)31-21-5-4-17(10-26)11-27-21/h2-5,8,11-12,14,20,33H,6-7,13H2,1H3,(H,27,31,34)/p+1/t20-/m0/s1. The van der Waals surface area contributed by atoms with Crippen molar-refractivity contribution in [2.24, 2.45) is 0 Å². The molecule has 1 aromatic carbocycles. The molecule has 12 heteroatoms. The predicted molar refractivity (Wildman–Crippen MR) is 127 cm³/mol. The smallest absolute Gasteiger partial charge is 0.269 e. The molecule has 12 nitrogen and oxygen atoms in total. The molecule has 0 unspecified atom stereocenters. The fourth-order valence-electron chi connectivity index (χ4n) is 3.30. The van der Waals surface area contributed by atoms with Crippen LogP contribution in [-0.4, -0.2) is 61.7 Å². The number of anilines is 1. The van der Waals surface area contributed by atoms with Gasteiger partial charge in [-0.2, -0.15) is 15.6 Å². The SMILES string of the molecule is Cc1ccc(C#N)cc1-n1ncc2c(O[C@@H](COCC[OH2+])C(=O)Nc3ccc(C#N)cn3)ncnc21. The molecule has 0 radical (unpaired) electrons. The lowest BCUT2D eigenvalue weighted by Gasteiger charge is -2.18. The highest BCUT2D eigenvalue weighted by Gasteiger charge is 2.24. The van der Waals surface area contributed by atoms with Crippen molar-refractivity contribution >= 4 is 22.8 Å². The average molecular weight is 485 g/mol. The molecule has 3 N–H and O–H groups in total. The Labute approximate surface area is 205 Å². The minimum Gasteiger partial charge on any atom is -0.461 e. The molecule has 0 aliphatic carbocycles. The molecule has 36 heavy (non-hydrogen) atoms. The number of nitriles is 2. The van der Waals surface area contributed by atoms with Gasteiger partial charge in [-0.1, -0.05) is 6.07 Å². The Bertz CT molecular complexity index is 1470. The summed E-state index contributed by atoms with van der Waals surface area (Å²) in [5.74, 6) is -0.196. The summed E-state index contributed by atoms with van der Waals surface area (Å²) in [7, 11) is 0. The highest BCUT2D eigenvalue weighted by Crippen LogP contribution is 2.26. The number of carbonyl (C=O) groups excluding carboxylic acids is 1. The average Bonchev–Trinajstić information content (AvgIpc) is 3.34. The molecule has 4 aromatic rings. The molecule has 0 saturated heterocycles. The molecule has 0 aliphatic heterocycles. The van der Waals surface area contributed by atoms with E-state index in [9.17, 15) is 10.1 Å². The van der Waals surface area contributed by atoms with Gasteiger partial charge in [-0.05, 0) is 36.8 Å². The van der Waals surface area contributed by atoms with E-state index in [1.54, 1.807) is 16.8 Å². The Kier molecular flexibility index (Phi) is 7.41. The lowest BCUT2D eigenvalue weighted by molar-refractivity contribution is -0.125. The number of pyridine rings is 1. The molecule has 0 bridgehead atoms. The number of rotatable bonds is 9. The van der Waals surface area contributed by atoms with Crippen LogP contribution in [0.2, 0.25) is 0 Å². The second kappa shape index (κ2) is 11.0. The quantitative estimate of drug-likeness (QED) is 0.271. The number of nitrogens with zero attached hydrogens (tertiary/aromatic N) is 7. The van der Waals surface area contributed by atoms with Gasteiger partial charge in [0.25, 0.3) is 5.91 Å². The number of nitrogens with one attached hydrogen (secondary N) is 1. The summed E-state index contributed by atoms with van der Waals surface area (Å²) in [6, 6.07) is 12.4. The third kappa shape index (κ3) is 5.26. The molecular weight excluding hydrogens is 464 g/mol. The van der Waals surface area contributed by atoms with Crippen molar-refractivity contribution < 1.29 is 19.4 Å². The zero-order chi connectivity index (χ0) is 25.5. The number of aromatic nitrogens is 5. The highest BCUT2D eigenvalue weighted by molar-refractivity contribution is 5.94. The van der Waals surface area contributed by atoms with Crippen LogP contribution in [0.1, 0.15) is 16.7 Å². The van der Waals surface area contributed by atoms with E-state index in [0.717, 1.165) is 5.56 Å². The van der Waals surface area contributed by atoms with Gasteiger partial charge in [0.15, 0.2) is 12.3 Å². The number of fused-ring (bicyclic) bond motifs is 1. The Hall–Kier alpha value is -4.91. The van der Waals surface area contributed by atoms with Crippen molar-refractivity contribution in [1.82, 2.24) is 24.7 Å². The summed E-state index contributed by atoms with van der Waals surface area (Å²) in [6.45, 7) is 1.90. The Morgan fingerprint density at radius 1 is 1.14 bits per heavy atom. The van der Waals surface area contributed by atoms with Crippen LogP contribution in [0.3, 0.4) is 0 Å². The van der Waals surface area contributed by atoms with Crippen LogP contribution in [0.4, 0.5) is 5.82 Å². The van der Waals surface area contributed by atoms with Gasteiger partial charge in [0.2, 0.25) is 12.0 Å². The fourth-order valence-corrected chi connectivity index (χ4v) is 3.30. The number of hydrogen-bond acceptors (Lipinski definition) is 9. The molecule has 1 atom stereocenters. The molecule has 1 amide bonds. The second-order valence-corrected chi connectivity index (χ2v) is 7.55. The van der Waals surface area contributed by atoms with Crippen molar-refractivity contribution in [3.8, 4) is 23.7 Å². The van der Waals surface area contributed by atoms with E-state index < -0.39 is 12.0 Å². The molecule has 4 rings (SSSR count). The van der Waals surface area contributed by atoms with Gasteiger partial charge < -0.3 is 19.9 Å². The number of amides is 1. The molecule has 0 aliphatic rings. The van der Waals surface area contributed by atoms with E-state index in [0.29, 0.717) is 27.8 Å². The minimum absolute atomic E-state index is 0.0250. The summed E-state index contributed by atoms with van der Waals surface area (Å²) >= 11 is 0. The van der Waals surface area contributed by atoms with Gasteiger partial charge >= 0.3 is 0 Å². The topological polar surface area (TPSA) is 175 Å². The van der Waals surface area contributed by atoms with Gasteiger partial charge in [-0.3, -0.25) is 4.79 Å². The van der Waals surface area contributed by atoms with Crippen LogP contribution >= 0.6 is 0 Å². The summed E-state index contributed by atoms with van der Waals surface area (Å²) in [4.78, 5) is 25.5. The zero-order valence-electron chi connectivity index (χ0n) is 19.2. The van der Waals surface area contributed by atoms with E-state index in [-0.39, 0.29) is 31.5 Å². The summed E-state index contributed by atoms with van der Waals surface area (Å²) in [5.41, 5.74) is 2.82. The van der Waals surface area contributed by atoms with E-state index in [4.69, 9.17) is 19.8 Å². The lowest BCUT2D eigenvalue weighted by Crippen LogP contribution is -2.37. The Balaban J connectivity index is 1.63. The van der Waals surface area contributed by atoms with Gasteiger partial charge in [0.05, 0.1) is 35.7 Å². The molecule has 0 spiro atoms. The van der Waals surface area contributed by atoms with Crippen LogP contribution in [-0.2, 0) is 9.53 Å². The third-order valence-electron chi connectivity index (χ3n) is 5.10. The van der Waals surface area contributed by atoms with Crippen LogP contribution < -0.4 is 10.1 Å². The van der Waals surface area contributed by atoms with E-state index in [2.05, 4.69) is 31.4 Å². The minimum atomic E-state index is -1.13. The molecule has 3 heterocycles. The first-order valence-corrected chi connectivity index (χ1v) is 10.8. The van der Waals surface area contributed by atoms with Gasteiger partial charge in [0, 0.05) is 6.20 Å². The summed E-state index contributed by atoms with van der Waals surface area (Å²) in [5, 5.41) is 33.0. The van der Waals surface area contributed by atoms with Crippen molar-refractivity contribution in [2.45, 2.75) is 13.0 Å². The zero-order valence-corrected chi connectivity index (χ0v) is 19.2. The number of aryl methyl sites for hydroxylation is 1. The monoisotopic (exact) mass is 485 g/mol. The van der Waals surface area contributed by atoms with E-state index in [1.165, 1.54) is 30.9 Å². The van der Waals surface area contributed by atoms with Crippen molar-refractivity contribution in [1.29, 1.82) is 10.5 Å². The first kappa shape index (κ1) is 24.2. The van der Waals surface area contributed by atoms with Crippen LogP contribution in [0, 0.1) is 29.6 Å². The van der Waals surface area contributed by atoms with E-state index in [1.807, 2.05) is 19.1 Å². The molecule has 3 aromatic heterocycles. The highest BCUT2D eigenvalue weighted by atomic mass is 16.5. The van der Waals surface area contributed by atoms with Gasteiger partial charge in [-0.25, -0.2) is 19.6 Å². The predicted octanol–water partition coefficient (Wildman–Crippen LogP) is 1.39. The first-order chi connectivity index (χ1) is 17.5. The first-order valence-electron chi connectivity index (χ1n) is 10.8. The van der Waals surface area contributed by atoms with Gasteiger partial charge in [-0.15, -0.1) is 0 Å². The van der Waals surface area contributed by atoms with Crippen molar-refractivity contribution in [3.63, 3.8) is 0 Å². The Morgan fingerprint density at radius 3 is 2.67 bits per heavy atom. The Morgan fingerprint density at radius 2 is 1.94 bits per heavy atom. The summed E-state index contributed by atoms with van der Waals surface area (Å²) in [6.07, 6.45) is 3.03. The largest absolute Gasteiger partial charge is 0.461 e. The van der Waals surface area contributed by atoms with Crippen LogP contribution in [0.15, 0.2) is 49.1 Å². The van der Waals surface area contributed by atoms with Crippen LogP contribution in [0.25, 0.3) is 16.7 Å². The number of ether oxygens (including phenoxy) is 2. The number of benzene rings is 1. The fraction of sp³-hybridized carbons (Fsp3) is 0.208. The lowest BCUT2D eigenvalue weighted by atomic mass is 10.1. The van der Waals surface area contributed by atoms with E-state index >= 15 is 0 Å².